The van der Waals surface area contributed by atoms with Crippen molar-refractivity contribution >= 4 is 40.8 Å². The predicted octanol–water partition coefficient (Wildman–Crippen LogP) is 3.06. The molecule has 0 atom stereocenters. The van der Waals surface area contributed by atoms with Crippen molar-refractivity contribution in [1.29, 1.82) is 0 Å². The molecule has 0 aliphatic heterocycles. The van der Waals surface area contributed by atoms with Crippen molar-refractivity contribution < 1.29 is 24.0 Å². The molecule has 5 rings (SSSR count). The zero-order chi connectivity index (χ0) is 22.2. The van der Waals surface area contributed by atoms with E-state index in [0.717, 1.165) is 25.3 Å². The molecule has 4 fully saturated rings. The maximum absolute atomic E-state index is 12.8. The van der Waals surface area contributed by atoms with Gasteiger partial charge in [-0.1, -0.05) is 11.6 Å². The van der Waals surface area contributed by atoms with Gasteiger partial charge in [-0.25, -0.2) is 0 Å². The zero-order valence-corrected chi connectivity index (χ0v) is 17.7. The van der Waals surface area contributed by atoms with Crippen LogP contribution in [0, 0.1) is 33.3 Å². The number of nitrogens with one attached hydrogen (secondary N) is 2. The van der Waals surface area contributed by atoms with Crippen LogP contribution in [-0.4, -0.2) is 35.9 Å². The van der Waals surface area contributed by atoms with Gasteiger partial charge in [0.1, 0.15) is 12.2 Å². The Labute approximate surface area is 184 Å². The van der Waals surface area contributed by atoms with Crippen molar-refractivity contribution in [2.75, 3.05) is 18.5 Å². The highest BCUT2D eigenvalue weighted by Gasteiger charge is 2.54. The van der Waals surface area contributed by atoms with Crippen molar-refractivity contribution in [1.82, 2.24) is 5.32 Å². The lowest BCUT2D eigenvalue weighted by atomic mass is 9.49. The van der Waals surface area contributed by atoms with Crippen LogP contribution in [0.5, 0.6) is 0 Å². The number of nitro benzene ring substituents is 1. The molecule has 0 spiro atoms. The Morgan fingerprint density at radius 2 is 1.74 bits per heavy atom. The van der Waals surface area contributed by atoms with Gasteiger partial charge in [0, 0.05) is 16.5 Å². The van der Waals surface area contributed by atoms with Crippen molar-refractivity contribution in [2.45, 2.75) is 38.5 Å². The molecule has 2 N–H and O–H groups in total. The van der Waals surface area contributed by atoms with Gasteiger partial charge in [0.05, 0.1) is 4.92 Å². The molecule has 9 nitrogen and oxygen atoms in total. The smallest absolute Gasteiger partial charge is 0.325 e. The molecule has 166 valence electrons. The molecular weight excluding hydrogens is 426 g/mol. The highest BCUT2D eigenvalue weighted by Crippen LogP contribution is 2.60. The standard InChI is InChI=1S/C21H24ClN3O6/c22-15-1-2-16(17(6-15)25(29)30)24-18(26)11-31-19(27)10-23-20(28)21-7-12-3-13(8-21)5-14(4-12)9-21/h1-2,6,12-14H,3-5,7-11H2,(H,23,28)(H,24,26). The first kappa shape index (κ1) is 21.5. The average Bonchev–Trinajstić information content (AvgIpc) is 2.70. The number of rotatable bonds is 7. The Morgan fingerprint density at radius 3 is 2.32 bits per heavy atom. The maximum Gasteiger partial charge on any atom is 0.325 e. The third kappa shape index (κ3) is 4.66. The molecule has 31 heavy (non-hydrogen) atoms. The van der Waals surface area contributed by atoms with E-state index in [1.54, 1.807) is 0 Å². The Kier molecular flexibility index (Phi) is 5.88. The minimum atomic E-state index is -0.737. The third-order valence-electron chi connectivity index (χ3n) is 6.71. The van der Waals surface area contributed by atoms with Gasteiger partial charge in [-0.3, -0.25) is 24.5 Å². The van der Waals surface area contributed by atoms with Gasteiger partial charge in [-0.05, 0) is 68.4 Å². The van der Waals surface area contributed by atoms with E-state index in [4.69, 9.17) is 16.3 Å². The summed E-state index contributed by atoms with van der Waals surface area (Å²) >= 11 is 5.74. The van der Waals surface area contributed by atoms with E-state index in [9.17, 15) is 24.5 Å². The minimum Gasteiger partial charge on any atom is -0.454 e. The molecule has 0 unspecified atom stereocenters. The van der Waals surface area contributed by atoms with Crippen LogP contribution in [0.2, 0.25) is 5.02 Å². The largest absolute Gasteiger partial charge is 0.454 e. The number of halogens is 1. The number of nitro groups is 1. The van der Waals surface area contributed by atoms with Gasteiger partial charge in [-0.15, -0.1) is 0 Å². The van der Waals surface area contributed by atoms with Gasteiger partial charge in [-0.2, -0.15) is 0 Å². The lowest BCUT2D eigenvalue weighted by Crippen LogP contribution is -2.54. The highest BCUT2D eigenvalue weighted by molar-refractivity contribution is 6.31. The fourth-order valence-electron chi connectivity index (χ4n) is 5.87. The first-order valence-corrected chi connectivity index (χ1v) is 10.8. The fourth-order valence-corrected chi connectivity index (χ4v) is 6.04. The molecule has 0 saturated heterocycles. The number of hydrogen-bond donors (Lipinski definition) is 2. The quantitative estimate of drug-likeness (QED) is 0.374. The molecule has 4 aliphatic rings. The molecule has 0 aromatic heterocycles. The molecule has 10 heteroatoms. The van der Waals surface area contributed by atoms with Gasteiger partial charge in [0.25, 0.3) is 11.6 Å². The van der Waals surface area contributed by atoms with E-state index in [2.05, 4.69) is 10.6 Å². The van der Waals surface area contributed by atoms with Gasteiger partial charge in [0.2, 0.25) is 5.91 Å². The number of hydrogen-bond acceptors (Lipinski definition) is 6. The number of anilines is 1. The molecule has 0 heterocycles. The van der Waals surface area contributed by atoms with Crippen LogP contribution in [-0.2, 0) is 19.1 Å². The number of ether oxygens (including phenoxy) is 1. The van der Waals surface area contributed by atoms with Gasteiger partial charge in [0.15, 0.2) is 6.61 Å². The van der Waals surface area contributed by atoms with Crippen molar-refractivity contribution in [2.24, 2.45) is 23.2 Å². The van der Waals surface area contributed by atoms with Crippen LogP contribution in [0.3, 0.4) is 0 Å². The van der Waals surface area contributed by atoms with Gasteiger partial charge < -0.3 is 15.4 Å². The third-order valence-corrected chi connectivity index (χ3v) is 6.94. The monoisotopic (exact) mass is 449 g/mol. The molecule has 0 radical (unpaired) electrons. The van der Waals surface area contributed by atoms with Crippen molar-refractivity contribution in [3.05, 3.63) is 33.3 Å². The summed E-state index contributed by atoms with van der Waals surface area (Å²) in [6.07, 6.45) is 6.33. The summed E-state index contributed by atoms with van der Waals surface area (Å²) in [6, 6.07) is 3.81. The van der Waals surface area contributed by atoms with Gasteiger partial charge >= 0.3 is 5.97 Å². The van der Waals surface area contributed by atoms with Crippen LogP contribution < -0.4 is 10.6 Å². The Balaban J connectivity index is 1.24. The Morgan fingerprint density at radius 1 is 1.13 bits per heavy atom. The summed E-state index contributed by atoms with van der Waals surface area (Å²) < 4.78 is 4.91. The van der Waals surface area contributed by atoms with Crippen LogP contribution in [0.1, 0.15) is 38.5 Å². The van der Waals surface area contributed by atoms with E-state index in [-0.39, 0.29) is 34.3 Å². The molecule has 4 bridgehead atoms. The topological polar surface area (TPSA) is 128 Å². The van der Waals surface area contributed by atoms with Crippen molar-refractivity contribution in [3.8, 4) is 0 Å². The fraction of sp³-hybridized carbons (Fsp3) is 0.571. The summed E-state index contributed by atoms with van der Waals surface area (Å²) in [5.41, 5.74) is -0.777. The summed E-state index contributed by atoms with van der Waals surface area (Å²) in [5.74, 6) is 0.286. The number of nitrogens with zero attached hydrogens (tertiary/aromatic N) is 1. The van der Waals surface area contributed by atoms with Crippen LogP contribution in [0.25, 0.3) is 0 Å². The van der Waals surface area contributed by atoms with E-state index in [0.29, 0.717) is 17.8 Å². The van der Waals surface area contributed by atoms with Crippen LogP contribution in [0.15, 0.2) is 18.2 Å². The predicted molar refractivity (Wildman–Crippen MR) is 111 cm³/mol. The van der Waals surface area contributed by atoms with Crippen molar-refractivity contribution in [3.63, 3.8) is 0 Å². The second-order valence-electron chi connectivity index (χ2n) is 9.01. The number of carbonyl (C=O) groups excluding carboxylic acids is 3. The molecule has 1 aromatic rings. The number of carbonyl (C=O) groups is 3. The summed E-state index contributed by atoms with van der Waals surface area (Å²) in [6.45, 7) is -0.930. The Hall–Kier alpha value is -2.68. The molecule has 2 amide bonds. The molecule has 1 aromatic carbocycles. The second-order valence-corrected chi connectivity index (χ2v) is 9.44. The summed E-state index contributed by atoms with van der Waals surface area (Å²) in [7, 11) is 0. The highest BCUT2D eigenvalue weighted by atomic mass is 35.5. The van der Waals surface area contributed by atoms with E-state index < -0.39 is 23.4 Å². The number of benzene rings is 1. The van der Waals surface area contributed by atoms with E-state index >= 15 is 0 Å². The molecular formula is C21H24ClN3O6. The molecule has 4 aliphatic carbocycles. The van der Waals surface area contributed by atoms with Crippen LogP contribution >= 0.6 is 11.6 Å². The second kappa shape index (κ2) is 8.45. The zero-order valence-electron chi connectivity index (χ0n) is 16.9. The van der Waals surface area contributed by atoms with E-state index in [1.807, 2.05) is 0 Å². The Bertz CT molecular complexity index is 898. The maximum atomic E-state index is 12.8. The number of amides is 2. The normalized spacial score (nSPS) is 28.1. The lowest BCUT2D eigenvalue weighted by Gasteiger charge is -2.55. The first-order chi connectivity index (χ1) is 14.7. The van der Waals surface area contributed by atoms with E-state index in [1.165, 1.54) is 31.4 Å². The molecule has 4 saturated carbocycles. The SMILES string of the molecule is O=C(COC(=O)CNC(=O)C12CC3CC(CC(C3)C1)C2)Nc1ccc(Cl)cc1[N+](=O)[O-]. The average molecular weight is 450 g/mol. The van der Waals surface area contributed by atoms with Crippen LogP contribution in [0.4, 0.5) is 11.4 Å². The summed E-state index contributed by atoms with van der Waals surface area (Å²) in [5, 5.41) is 16.2. The first-order valence-electron chi connectivity index (χ1n) is 10.4. The summed E-state index contributed by atoms with van der Waals surface area (Å²) in [4.78, 5) is 47.3. The minimum absolute atomic E-state index is 0.0504. The number of esters is 1. The lowest BCUT2D eigenvalue weighted by molar-refractivity contribution is -0.383.